The molecule has 3 nitrogen and oxygen atoms in total. The molecule has 2 aromatic rings. The Balaban J connectivity index is 1.71. The van der Waals surface area contributed by atoms with Gasteiger partial charge in [-0.05, 0) is 73.2 Å². The van der Waals surface area contributed by atoms with Gasteiger partial charge in [0.15, 0.2) is 0 Å². The SMILES string of the molecule is CCCCCCCCCCCCOc1ccc(N=Nc2ccc(C)c(C(C)C)c2)cc1C. The second kappa shape index (κ2) is 14.8. The zero-order chi connectivity index (χ0) is 23.2. The van der Waals surface area contributed by atoms with Crippen molar-refractivity contribution in [3.05, 3.63) is 53.1 Å². The quantitative estimate of drug-likeness (QED) is 0.202. The van der Waals surface area contributed by atoms with Gasteiger partial charge in [0.25, 0.3) is 0 Å². The highest BCUT2D eigenvalue weighted by atomic mass is 16.5. The summed E-state index contributed by atoms with van der Waals surface area (Å²) in [6.07, 6.45) is 13.4. The van der Waals surface area contributed by atoms with E-state index in [-0.39, 0.29) is 0 Å². The van der Waals surface area contributed by atoms with Crippen LogP contribution in [0.15, 0.2) is 46.6 Å². The van der Waals surface area contributed by atoms with Crippen molar-refractivity contribution in [3.8, 4) is 5.75 Å². The molecule has 0 aromatic heterocycles. The lowest BCUT2D eigenvalue weighted by Gasteiger charge is -2.10. The van der Waals surface area contributed by atoms with Crippen LogP contribution in [0.4, 0.5) is 11.4 Å². The lowest BCUT2D eigenvalue weighted by molar-refractivity contribution is 0.302. The van der Waals surface area contributed by atoms with E-state index in [1.54, 1.807) is 0 Å². The van der Waals surface area contributed by atoms with Crippen molar-refractivity contribution in [1.82, 2.24) is 0 Å². The highest BCUT2D eigenvalue weighted by molar-refractivity contribution is 5.48. The van der Waals surface area contributed by atoms with Crippen molar-refractivity contribution < 1.29 is 4.74 Å². The molecule has 0 bridgehead atoms. The van der Waals surface area contributed by atoms with Crippen molar-refractivity contribution in [3.63, 3.8) is 0 Å². The van der Waals surface area contributed by atoms with Crippen LogP contribution in [0.3, 0.4) is 0 Å². The topological polar surface area (TPSA) is 34.0 Å². The summed E-state index contributed by atoms with van der Waals surface area (Å²) in [6, 6.07) is 12.4. The number of rotatable bonds is 15. The van der Waals surface area contributed by atoms with E-state index >= 15 is 0 Å². The number of benzene rings is 2. The first-order valence-electron chi connectivity index (χ1n) is 12.8. The lowest BCUT2D eigenvalue weighted by atomic mass is 9.98. The van der Waals surface area contributed by atoms with Crippen molar-refractivity contribution in [2.24, 2.45) is 10.2 Å². The van der Waals surface area contributed by atoms with Crippen LogP contribution in [0.25, 0.3) is 0 Å². The Morgan fingerprint density at radius 1 is 0.688 bits per heavy atom. The van der Waals surface area contributed by atoms with Gasteiger partial charge in [-0.15, -0.1) is 0 Å². The van der Waals surface area contributed by atoms with Crippen LogP contribution in [0, 0.1) is 13.8 Å². The summed E-state index contributed by atoms with van der Waals surface area (Å²) in [5.41, 5.74) is 5.51. The van der Waals surface area contributed by atoms with Gasteiger partial charge in [-0.3, -0.25) is 0 Å². The minimum atomic E-state index is 0.486. The monoisotopic (exact) mass is 436 g/mol. The maximum absolute atomic E-state index is 6.01. The molecule has 0 unspecified atom stereocenters. The molecule has 0 fully saturated rings. The van der Waals surface area contributed by atoms with Gasteiger partial charge in [0, 0.05) is 0 Å². The van der Waals surface area contributed by atoms with Gasteiger partial charge in [0.2, 0.25) is 0 Å². The van der Waals surface area contributed by atoms with Gasteiger partial charge in [-0.1, -0.05) is 84.6 Å². The number of azo groups is 1. The number of ether oxygens (including phenoxy) is 1. The third-order valence-corrected chi connectivity index (χ3v) is 6.08. The molecule has 32 heavy (non-hydrogen) atoms. The van der Waals surface area contributed by atoms with Crippen LogP contribution in [-0.2, 0) is 0 Å². The highest BCUT2D eigenvalue weighted by Gasteiger charge is 2.05. The number of hydrogen-bond acceptors (Lipinski definition) is 3. The highest BCUT2D eigenvalue weighted by Crippen LogP contribution is 2.28. The Labute approximate surface area is 196 Å². The molecule has 0 aliphatic carbocycles. The largest absolute Gasteiger partial charge is 0.493 e. The summed E-state index contributed by atoms with van der Waals surface area (Å²) in [5, 5.41) is 8.89. The summed E-state index contributed by atoms with van der Waals surface area (Å²) in [5.74, 6) is 1.44. The lowest BCUT2D eigenvalue weighted by Crippen LogP contribution is -1.98. The Kier molecular flexibility index (Phi) is 12.1. The summed E-state index contributed by atoms with van der Waals surface area (Å²) in [7, 11) is 0. The fourth-order valence-electron chi connectivity index (χ4n) is 4.06. The van der Waals surface area contributed by atoms with Crippen LogP contribution in [0.1, 0.15) is 108 Å². The molecule has 0 aliphatic rings. The van der Waals surface area contributed by atoms with Gasteiger partial charge in [-0.2, -0.15) is 10.2 Å². The molecular weight excluding hydrogens is 392 g/mol. The minimum absolute atomic E-state index is 0.486. The van der Waals surface area contributed by atoms with Crippen molar-refractivity contribution in [2.75, 3.05) is 6.61 Å². The zero-order valence-corrected chi connectivity index (χ0v) is 21.1. The molecule has 0 heterocycles. The minimum Gasteiger partial charge on any atom is -0.493 e. The Hall–Kier alpha value is -2.16. The maximum atomic E-state index is 6.01. The predicted octanol–water partition coefficient (Wildman–Crippen LogP) is 10.1. The van der Waals surface area contributed by atoms with Crippen LogP contribution in [-0.4, -0.2) is 6.61 Å². The molecule has 176 valence electrons. The van der Waals surface area contributed by atoms with Crippen molar-refractivity contribution >= 4 is 11.4 Å². The van der Waals surface area contributed by atoms with E-state index in [2.05, 4.69) is 63.0 Å². The molecule has 0 radical (unpaired) electrons. The Morgan fingerprint density at radius 3 is 1.84 bits per heavy atom. The summed E-state index contributed by atoms with van der Waals surface area (Å²) >= 11 is 0. The van der Waals surface area contributed by atoms with Crippen LogP contribution in [0.5, 0.6) is 5.75 Å². The van der Waals surface area contributed by atoms with Crippen LogP contribution < -0.4 is 4.74 Å². The molecule has 0 saturated carbocycles. The molecule has 2 aromatic carbocycles. The molecule has 3 heteroatoms. The van der Waals surface area contributed by atoms with Crippen LogP contribution in [0.2, 0.25) is 0 Å². The third kappa shape index (κ3) is 9.54. The van der Waals surface area contributed by atoms with Gasteiger partial charge in [0.1, 0.15) is 5.75 Å². The first-order chi connectivity index (χ1) is 15.5. The van der Waals surface area contributed by atoms with Gasteiger partial charge >= 0.3 is 0 Å². The van der Waals surface area contributed by atoms with E-state index in [4.69, 9.17) is 4.74 Å². The predicted molar refractivity (Wildman–Crippen MR) is 138 cm³/mol. The average molecular weight is 437 g/mol. The number of nitrogens with zero attached hydrogens (tertiary/aromatic N) is 2. The van der Waals surface area contributed by atoms with E-state index in [0.29, 0.717) is 5.92 Å². The second-order valence-electron chi connectivity index (χ2n) is 9.38. The number of hydrogen-bond donors (Lipinski definition) is 0. The summed E-state index contributed by atoms with van der Waals surface area (Å²) < 4.78 is 6.01. The van der Waals surface area contributed by atoms with E-state index in [1.807, 2.05) is 18.2 Å². The standard InChI is InChI=1S/C29H44N2O/c1-6-7-8-9-10-11-12-13-14-15-20-32-29-19-18-26(21-25(29)5)30-31-27-17-16-24(4)28(22-27)23(2)3/h16-19,21-23H,6-15,20H2,1-5H3. The van der Waals surface area contributed by atoms with Gasteiger partial charge in [-0.25, -0.2) is 0 Å². The van der Waals surface area contributed by atoms with Gasteiger partial charge in [0.05, 0.1) is 18.0 Å². The first kappa shape index (κ1) is 26.1. The summed E-state index contributed by atoms with van der Waals surface area (Å²) in [4.78, 5) is 0. The fraction of sp³-hybridized carbons (Fsp3) is 0.586. The molecule has 0 saturated heterocycles. The molecule has 2 rings (SSSR count). The molecule has 0 spiro atoms. The molecule has 0 aliphatic heterocycles. The Morgan fingerprint density at radius 2 is 1.25 bits per heavy atom. The maximum Gasteiger partial charge on any atom is 0.122 e. The fourth-order valence-corrected chi connectivity index (χ4v) is 4.06. The smallest absolute Gasteiger partial charge is 0.122 e. The van der Waals surface area contributed by atoms with E-state index < -0.39 is 0 Å². The van der Waals surface area contributed by atoms with Crippen molar-refractivity contribution in [2.45, 2.75) is 105 Å². The van der Waals surface area contributed by atoms with E-state index in [1.165, 1.54) is 68.9 Å². The van der Waals surface area contributed by atoms with Crippen LogP contribution >= 0.6 is 0 Å². The Bertz CT molecular complexity index is 826. The average Bonchev–Trinajstić information content (AvgIpc) is 2.77. The summed E-state index contributed by atoms with van der Waals surface area (Å²) in [6.45, 7) is 11.7. The molecule has 0 amide bonds. The third-order valence-electron chi connectivity index (χ3n) is 6.08. The van der Waals surface area contributed by atoms with E-state index in [0.717, 1.165) is 35.7 Å². The number of aryl methyl sites for hydroxylation is 2. The second-order valence-corrected chi connectivity index (χ2v) is 9.38. The molecule has 0 atom stereocenters. The van der Waals surface area contributed by atoms with Gasteiger partial charge < -0.3 is 4.74 Å². The molecular formula is C29H44N2O. The first-order valence-corrected chi connectivity index (χ1v) is 12.8. The molecule has 0 N–H and O–H groups in total. The van der Waals surface area contributed by atoms with E-state index in [9.17, 15) is 0 Å². The van der Waals surface area contributed by atoms with Crippen molar-refractivity contribution in [1.29, 1.82) is 0 Å². The normalized spacial score (nSPS) is 11.6. The number of unbranched alkanes of at least 4 members (excludes halogenated alkanes) is 9. The zero-order valence-electron chi connectivity index (χ0n) is 21.1.